The number of amides is 1. The SMILES string of the molecule is NC(=O)CC[C@H](N)C(=O)O.O=c1[nH]c(=O)c2[nH]cnc2[nH]1. The third kappa shape index (κ3) is 4.91. The maximum absolute atomic E-state index is 10.9. The summed E-state index contributed by atoms with van der Waals surface area (Å²) in [5.41, 5.74) is 9.37. The Morgan fingerprint density at radius 2 is 2.00 bits per heavy atom. The first-order valence-electron chi connectivity index (χ1n) is 5.73. The van der Waals surface area contributed by atoms with E-state index in [9.17, 15) is 19.2 Å². The van der Waals surface area contributed by atoms with Gasteiger partial charge in [0.15, 0.2) is 5.65 Å². The molecular weight excluding hydrogens is 284 g/mol. The molecule has 1 amide bonds. The van der Waals surface area contributed by atoms with Gasteiger partial charge in [-0.3, -0.25) is 24.4 Å². The molecule has 0 fully saturated rings. The molecule has 2 aromatic rings. The molecule has 11 heteroatoms. The van der Waals surface area contributed by atoms with E-state index >= 15 is 0 Å². The van der Waals surface area contributed by atoms with Gasteiger partial charge in [-0.1, -0.05) is 0 Å². The Labute approximate surface area is 116 Å². The van der Waals surface area contributed by atoms with Crippen molar-refractivity contribution < 1.29 is 14.7 Å². The number of carboxylic acids is 1. The van der Waals surface area contributed by atoms with Crippen molar-refractivity contribution in [2.75, 3.05) is 0 Å². The van der Waals surface area contributed by atoms with Crippen LogP contribution < -0.4 is 22.7 Å². The molecule has 2 aromatic heterocycles. The average Bonchev–Trinajstić information content (AvgIpc) is 2.84. The van der Waals surface area contributed by atoms with Crippen LogP contribution in [-0.2, 0) is 9.59 Å². The largest absolute Gasteiger partial charge is 0.480 e. The molecule has 11 nitrogen and oxygen atoms in total. The van der Waals surface area contributed by atoms with Crippen molar-refractivity contribution in [2.45, 2.75) is 18.9 Å². The molecule has 21 heavy (non-hydrogen) atoms. The van der Waals surface area contributed by atoms with E-state index in [4.69, 9.17) is 16.6 Å². The second-order valence-electron chi connectivity index (χ2n) is 3.98. The van der Waals surface area contributed by atoms with Gasteiger partial charge in [0, 0.05) is 6.42 Å². The number of aliphatic carboxylic acids is 1. The second-order valence-corrected chi connectivity index (χ2v) is 3.98. The van der Waals surface area contributed by atoms with Crippen molar-refractivity contribution >= 4 is 23.0 Å². The second kappa shape index (κ2) is 7.00. The zero-order chi connectivity index (χ0) is 16.0. The smallest absolute Gasteiger partial charge is 0.327 e. The number of nitrogens with one attached hydrogen (secondary N) is 3. The molecule has 0 aliphatic rings. The predicted molar refractivity (Wildman–Crippen MR) is 71.4 cm³/mol. The standard InChI is InChI=1S/C5H4N4O2.C5H10N2O3/c10-4-2-3(7-1-6-2)8-5(11)9-4;6-3(5(9)10)1-2-4(7)8/h1H,(H3,6,7,8,9,10,11);3H,1-2,6H2,(H2,7,8)(H,9,10)/t;3-/m.0/s1. The zero-order valence-corrected chi connectivity index (χ0v) is 10.8. The molecule has 2 rings (SSSR count). The highest BCUT2D eigenvalue weighted by Crippen LogP contribution is 1.93. The molecule has 2 heterocycles. The minimum atomic E-state index is -1.11. The Hall–Kier alpha value is -2.95. The van der Waals surface area contributed by atoms with Gasteiger partial charge in [0.25, 0.3) is 5.56 Å². The quantitative estimate of drug-likeness (QED) is 0.361. The molecule has 0 bridgehead atoms. The van der Waals surface area contributed by atoms with Crippen LogP contribution in [0.3, 0.4) is 0 Å². The Bertz CT molecular complexity index is 744. The predicted octanol–water partition coefficient (Wildman–Crippen LogP) is -2.40. The van der Waals surface area contributed by atoms with Crippen molar-refractivity contribution in [1.82, 2.24) is 19.9 Å². The number of hydrogen-bond acceptors (Lipinski definition) is 6. The normalized spacial score (nSPS) is 11.5. The van der Waals surface area contributed by atoms with Crippen molar-refractivity contribution in [3.05, 3.63) is 27.2 Å². The lowest BCUT2D eigenvalue weighted by atomic mass is 10.2. The van der Waals surface area contributed by atoms with Crippen molar-refractivity contribution in [1.29, 1.82) is 0 Å². The molecule has 8 N–H and O–H groups in total. The van der Waals surface area contributed by atoms with Crippen LogP contribution in [0, 0.1) is 0 Å². The third-order valence-electron chi connectivity index (χ3n) is 2.34. The van der Waals surface area contributed by atoms with Gasteiger partial charge >= 0.3 is 11.7 Å². The summed E-state index contributed by atoms with van der Waals surface area (Å²) < 4.78 is 0. The summed E-state index contributed by atoms with van der Waals surface area (Å²) >= 11 is 0. The molecule has 0 aliphatic heterocycles. The highest BCUT2D eigenvalue weighted by molar-refractivity contribution is 5.77. The van der Waals surface area contributed by atoms with Gasteiger partial charge in [-0.15, -0.1) is 0 Å². The fraction of sp³-hybridized carbons (Fsp3) is 0.300. The van der Waals surface area contributed by atoms with Crippen LogP contribution in [0.1, 0.15) is 12.8 Å². The Kier molecular flexibility index (Phi) is 5.37. The zero-order valence-electron chi connectivity index (χ0n) is 10.8. The molecule has 114 valence electrons. The van der Waals surface area contributed by atoms with E-state index in [0.29, 0.717) is 0 Å². The number of carbonyl (C=O) groups is 2. The van der Waals surface area contributed by atoms with Crippen LogP contribution in [-0.4, -0.2) is 43.0 Å². The van der Waals surface area contributed by atoms with Gasteiger partial charge in [0.2, 0.25) is 5.91 Å². The van der Waals surface area contributed by atoms with Crippen LogP contribution in [0.5, 0.6) is 0 Å². The number of aromatic amines is 3. The number of carbonyl (C=O) groups excluding carboxylic acids is 1. The van der Waals surface area contributed by atoms with Gasteiger partial charge in [-0.25, -0.2) is 9.78 Å². The minimum absolute atomic E-state index is 0.0213. The summed E-state index contributed by atoms with van der Waals surface area (Å²) in [5, 5.41) is 8.22. The highest BCUT2D eigenvalue weighted by Gasteiger charge is 2.11. The van der Waals surface area contributed by atoms with Crippen molar-refractivity contribution in [3.63, 3.8) is 0 Å². The van der Waals surface area contributed by atoms with E-state index in [1.165, 1.54) is 6.33 Å². The first-order valence-corrected chi connectivity index (χ1v) is 5.73. The summed E-state index contributed by atoms with van der Waals surface area (Å²) in [6.45, 7) is 0. The minimum Gasteiger partial charge on any atom is -0.480 e. The lowest BCUT2D eigenvalue weighted by molar-refractivity contribution is -0.138. The van der Waals surface area contributed by atoms with E-state index in [0.717, 1.165) is 0 Å². The van der Waals surface area contributed by atoms with E-state index in [1.807, 2.05) is 0 Å². The summed E-state index contributed by atoms with van der Waals surface area (Å²) in [4.78, 5) is 52.4. The maximum Gasteiger partial charge on any atom is 0.327 e. The fourth-order valence-electron chi connectivity index (χ4n) is 1.29. The lowest BCUT2D eigenvalue weighted by Gasteiger charge is -2.01. The van der Waals surface area contributed by atoms with E-state index < -0.39 is 29.2 Å². The van der Waals surface area contributed by atoms with Crippen molar-refractivity contribution in [3.8, 4) is 0 Å². The number of imidazole rings is 1. The van der Waals surface area contributed by atoms with E-state index in [1.54, 1.807) is 0 Å². The van der Waals surface area contributed by atoms with Gasteiger partial charge in [0.05, 0.1) is 6.33 Å². The lowest BCUT2D eigenvalue weighted by Crippen LogP contribution is -2.31. The first kappa shape index (κ1) is 16.1. The number of H-pyrrole nitrogens is 3. The molecule has 0 unspecified atom stereocenters. The van der Waals surface area contributed by atoms with Crippen LogP contribution in [0.4, 0.5) is 0 Å². The topological polar surface area (TPSA) is 201 Å². The molecule has 0 aliphatic carbocycles. The summed E-state index contributed by atoms with van der Waals surface area (Å²) in [5.74, 6) is -1.64. The van der Waals surface area contributed by atoms with E-state index in [-0.39, 0.29) is 24.0 Å². The number of aromatic nitrogens is 4. The first-order chi connectivity index (χ1) is 9.81. The number of hydrogen-bond donors (Lipinski definition) is 6. The van der Waals surface area contributed by atoms with Crippen LogP contribution >= 0.6 is 0 Å². The third-order valence-corrected chi connectivity index (χ3v) is 2.34. The maximum atomic E-state index is 10.9. The Morgan fingerprint density at radius 3 is 2.57 bits per heavy atom. The number of rotatable bonds is 4. The number of carboxylic acid groups (broad SMARTS) is 1. The van der Waals surface area contributed by atoms with Crippen molar-refractivity contribution in [2.24, 2.45) is 11.5 Å². The summed E-state index contributed by atoms with van der Waals surface area (Å²) in [6.07, 6.45) is 1.47. The number of nitrogens with two attached hydrogens (primary N) is 2. The Morgan fingerprint density at radius 1 is 1.33 bits per heavy atom. The highest BCUT2D eigenvalue weighted by atomic mass is 16.4. The molecule has 1 atom stereocenters. The molecule has 0 saturated carbocycles. The molecule has 0 saturated heterocycles. The summed E-state index contributed by atoms with van der Waals surface area (Å²) in [7, 11) is 0. The van der Waals surface area contributed by atoms with Gasteiger partial charge in [-0.2, -0.15) is 0 Å². The van der Waals surface area contributed by atoms with Crippen LogP contribution in [0.15, 0.2) is 15.9 Å². The van der Waals surface area contributed by atoms with Gasteiger partial charge in [-0.05, 0) is 6.42 Å². The molecule has 0 radical (unpaired) electrons. The van der Waals surface area contributed by atoms with Gasteiger partial charge < -0.3 is 21.6 Å². The van der Waals surface area contributed by atoms with Crippen LogP contribution in [0.25, 0.3) is 11.2 Å². The number of fused-ring (bicyclic) bond motifs is 1. The van der Waals surface area contributed by atoms with Gasteiger partial charge in [0.1, 0.15) is 11.6 Å². The monoisotopic (exact) mass is 298 g/mol. The Balaban J connectivity index is 0.000000212. The average molecular weight is 298 g/mol. The fourth-order valence-corrected chi connectivity index (χ4v) is 1.29. The number of nitrogens with zero attached hydrogens (tertiary/aromatic N) is 1. The van der Waals surface area contributed by atoms with E-state index in [2.05, 4.69) is 19.9 Å². The molecular formula is C10H14N6O5. The number of primary amides is 1. The molecule has 0 spiro atoms. The van der Waals surface area contributed by atoms with Crippen LogP contribution in [0.2, 0.25) is 0 Å². The molecule has 0 aromatic carbocycles. The summed E-state index contributed by atoms with van der Waals surface area (Å²) in [6, 6.07) is -0.979.